The minimum atomic E-state index is -4.21. The van der Waals surface area contributed by atoms with Gasteiger partial charge >= 0.3 is 0 Å². The third-order valence-corrected chi connectivity index (χ3v) is 8.14. The second kappa shape index (κ2) is 13.1. The largest absolute Gasteiger partial charge is 0.497 e. The van der Waals surface area contributed by atoms with Crippen molar-refractivity contribution >= 4 is 27.5 Å². The van der Waals surface area contributed by atoms with Crippen LogP contribution in [0, 0.1) is 6.92 Å². The second-order valence-corrected chi connectivity index (χ2v) is 12.7. The highest BCUT2D eigenvalue weighted by Crippen LogP contribution is 2.33. The lowest BCUT2D eigenvalue weighted by Crippen LogP contribution is -2.54. The minimum absolute atomic E-state index is 0.0224. The number of amides is 2. The first-order valence-electron chi connectivity index (χ1n) is 13.2. The Morgan fingerprint density at radius 1 is 0.927 bits per heavy atom. The van der Waals surface area contributed by atoms with Crippen LogP contribution >= 0.6 is 0 Å². The third kappa shape index (κ3) is 8.00. The number of sulfonamides is 1. The van der Waals surface area contributed by atoms with Crippen molar-refractivity contribution in [3.05, 3.63) is 83.9 Å². The highest BCUT2D eigenvalue weighted by atomic mass is 32.2. The van der Waals surface area contributed by atoms with E-state index in [1.807, 2.05) is 33.8 Å². The first kappa shape index (κ1) is 31.5. The monoisotopic (exact) mass is 581 g/mol. The summed E-state index contributed by atoms with van der Waals surface area (Å²) in [6.45, 7) is 8.50. The molecule has 0 spiro atoms. The summed E-state index contributed by atoms with van der Waals surface area (Å²) in [4.78, 5) is 28.8. The van der Waals surface area contributed by atoms with Crippen molar-refractivity contribution in [3.8, 4) is 11.5 Å². The number of benzene rings is 3. The van der Waals surface area contributed by atoms with Crippen LogP contribution in [-0.2, 0) is 26.2 Å². The molecule has 0 saturated heterocycles. The van der Waals surface area contributed by atoms with Crippen LogP contribution in [0.5, 0.6) is 11.5 Å². The predicted molar refractivity (Wildman–Crippen MR) is 160 cm³/mol. The van der Waals surface area contributed by atoms with E-state index in [1.54, 1.807) is 68.6 Å². The average Bonchev–Trinajstić information content (AvgIpc) is 2.93. The zero-order valence-electron chi connectivity index (χ0n) is 24.7. The Hall–Kier alpha value is -4.05. The zero-order chi connectivity index (χ0) is 30.4. The molecule has 3 aromatic carbocycles. The number of carbonyl (C=O) groups is 2. The molecule has 0 aliphatic heterocycles. The van der Waals surface area contributed by atoms with E-state index in [1.165, 1.54) is 24.1 Å². The van der Waals surface area contributed by atoms with Crippen LogP contribution in [0.25, 0.3) is 0 Å². The molecule has 220 valence electrons. The van der Waals surface area contributed by atoms with Gasteiger partial charge in [-0.25, -0.2) is 8.42 Å². The van der Waals surface area contributed by atoms with Crippen molar-refractivity contribution < 1.29 is 27.5 Å². The summed E-state index contributed by atoms with van der Waals surface area (Å²) in [5.74, 6) is -0.0351. The van der Waals surface area contributed by atoms with Gasteiger partial charge in [0.25, 0.3) is 10.0 Å². The zero-order valence-corrected chi connectivity index (χ0v) is 25.5. The summed E-state index contributed by atoms with van der Waals surface area (Å²) in [6.07, 6.45) is 0. The number of nitrogens with zero attached hydrogens (tertiary/aromatic N) is 2. The van der Waals surface area contributed by atoms with E-state index < -0.39 is 34.1 Å². The summed E-state index contributed by atoms with van der Waals surface area (Å²) in [5, 5.41) is 2.92. The molecule has 0 aromatic heterocycles. The number of hydrogen-bond donors (Lipinski definition) is 1. The van der Waals surface area contributed by atoms with Crippen LogP contribution < -0.4 is 19.1 Å². The third-order valence-electron chi connectivity index (χ3n) is 6.37. The summed E-state index contributed by atoms with van der Waals surface area (Å²) < 4.78 is 39.9. The first-order valence-corrected chi connectivity index (χ1v) is 14.7. The molecule has 0 saturated carbocycles. The van der Waals surface area contributed by atoms with Crippen molar-refractivity contribution in [1.29, 1.82) is 0 Å². The highest BCUT2D eigenvalue weighted by Gasteiger charge is 2.34. The minimum Gasteiger partial charge on any atom is -0.497 e. The van der Waals surface area contributed by atoms with Crippen molar-refractivity contribution in [2.75, 3.05) is 25.1 Å². The number of rotatable bonds is 11. The van der Waals surface area contributed by atoms with E-state index in [0.29, 0.717) is 11.5 Å². The topological polar surface area (TPSA) is 105 Å². The van der Waals surface area contributed by atoms with Gasteiger partial charge in [-0.2, -0.15) is 0 Å². The summed E-state index contributed by atoms with van der Waals surface area (Å²) in [6, 6.07) is 19.3. The van der Waals surface area contributed by atoms with E-state index in [4.69, 9.17) is 9.47 Å². The molecule has 0 heterocycles. The van der Waals surface area contributed by atoms with Gasteiger partial charge in [0.2, 0.25) is 11.8 Å². The van der Waals surface area contributed by atoms with Crippen molar-refractivity contribution in [3.63, 3.8) is 0 Å². The Kier molecular flexibility index (Phi) is 10.0. The fraction of sp³-hybridized carbons (Fsp3) is 0.355. The van der Waals surface area contributed by atoms with E-state index in [0.717, 1.165) is 15.4 Å². The van der Waals surface area contributed by atoms with E-state index in [2.05, 4.69) is 5.32 Å². The standard InChI is InChI=1S/C31H39N3O6S/c1-22-16-17-28(40-7)27(18-22)34(41(37,38)26-14-9-8-10-15-26)21-29(35)33(23(2)30(36)32-31(3,4)5)20-24-12-11-13-25(19-24)39-6/h8-19,23H,20-21H2,1-7H3,(H,32,36). The maximum Gasteiger partial charge on any atom is 0.264 e. The van der Waals surface area contributed by atoms with E-state index in [9.17, 15) is 18.0 Å². The van der Waals surface area contributed by atoms with Crippen LogP contribution in [0.2, 0.25) is 0 Å². The lowest BCUT2D eigenvalue weighted by molar-refractivity contribution is -0.140. The number of methoxy groups -OCH3 is 2. The number of aryl methyl sites for hydroxylation is 1. The molecule has 1 unspecified atom stereocenters. The van der Waals surface area contributed by atoms with Gasteiger partial charge in [0.1, 0.15) is 24.1 Å². The molecule has 10 heteroatoms. The van der Waals surface area contributed by atoms with Crippen molar-refractivity contribution in [1.82, 2.24) is 10.2 Å². The van der Waals surface area contributed by atoms with Gasteiger partial charge in [-0.15, -0.1) is 0 Å². The van der Waals surface area contributed by atoms with E-state index >= 15 is 0 Å². The molecule has 0 bridgehead atoms. The molecule has 3 aromatic rings. The highest BCUT2D eigenvalue weighted by molar-refractivity contribution is 7.92. The van der Waals surface area contributed by atoms with Gasteiger partial charge in [0.05, 0.1) is 24.8 Å². The normalized spacial score (nSPS) is 12.3. The molecule has 0 aliphatic carbocycles. The Balaban J connectivity index is 2.10. The number of carbonyl (C=O) groups excluding carboxylic acids is 2. The van der Waals surface area contributed by atoms with Crippen LogP contribution in [0.15, 0.2) is 77.7 Å². The van der Waals surface area contributed by atoms with Gasteiger partial charge in [-0.05, 0) is 82.1 Å². The second-order valence-electron chi connectivity index (χ2n) is 10.8. The van der Waals surface area contributed by atoms with Gasteiger partial charge < -0.3 is 19.7 Å². The molecule has 3 rings (SSSR count). The molecular formula is C31H39N3O6S. The molecule has 1 N–H and O–H groups in total. The molecule has 0 radical (unpaired) electrons. The van der Waals surface area contributed by atoms with Gasteiger partial charge in [0, 0.05) is 12.1 Å². The van der Waals surface area contributed by atoms with Gasteiger partial charge in [0.15, 0.2) is 0 Å². The maximum atomic E-state index is 14.1. The fourth-order valence-corrected chi connectivity index (χ4v) is 5.69. The fourth-order valence-electron chi connectivity index (χ4n) is 4.25. The lowest BCUT2D eigenvalue weighted by Gasteiger charge is -2.34. The van der Waals surface area contributed by atoms with Crippen LogP contribution in [0.3, 0.4) is 0 Å². The van der Waals surface area contributed by atoms with Crippen LogP contribution in [-0.4, -0.2) is 57.5 Å². The molecule has 9 nitrogen and oxygen atoms in total. The van der Waals surface area contributed by atoms with Crippen molar-refractivity contribution in [2.45, 2.75) is 57.6 Å². The summed E-state index contributed by atoms with van der Waals surface area (Å²) in [7, 11) is -1.22. The quantitative estimate of drug-likeness (QED) is 0.357. The number of ether oxygens (including phenoxy) is 2. The molecular weight excluding hydrogens is 542 g/mol. The SMILES string of the molecule is COc1cccc(CN(C(=O)CN(c2cc(C)ccc2OC)S(=O)(=O)c2ccccc2)C(C)C(=O)NC(C)(C)C)c1. The Morgan fingerprint density at radius 2 is 1.61 bits per heavy atom. The molecule has 2 amide bonds. The summed E-state index contributed by atoms with van der Waals surface area (Å²) >= 11 is 0. The summed E-state index contributed by atoms with van der Waals surface area (Å²) in [5.41, 5.74) is 1.19. The predicted octanol–water partition coefficient (Wildman–Crippen LogP) is 4.54. The maximum absolute atomic E-state index is 14.1. The first-order chi connectivity index (χ1) is 19.3. The number of nitrogens with one attached hydrogen (secondary N) is 1. The van der Waals surface area contributed by atoms with Crippen LogP contribution in [0.4, 0.5) is 5.69 Å². The average molecular weight is 582 g/mol. The van der Waals surface area contributed by atoms with Crippen molar-refractivity contribution in [2.24, 2.45) is 0 Å². The van der Waals surface area contributed by atoms with E-state index in [-0.39, 0.29) is 23.0 Å². The number of hydrogen-bond acceptors (Lipinski definition) is 6. The molecule has 41 heavy (non-hydrogen) atoms. The molecule has 1 atom stereocenters. The Labute approximate surface area is 243 Å². The van der Waals surface area contributed by atoms with Crippen LogP contribution in [0.1, 0.15) is 38.8 Å². The number of anilines is 1. The Bertz CT molecular complexity index is 1470. The molecule has 0 aliphatic rings. The van der Waals surface area contributed by atoms with Gasteiger partial charge in [-0.3, -0.25) is 13.9 Å². The van der Waals surface area contributed by atoms with Gasteiger partial charge in [-0.1, -0.05) is 36.4 Å². The Morgan fingerprint density at radius 3 is 2.22 bits per heavy atom. The lowest BCUT2D eigenvalue weighted by atomic mass is 10.1. The molecule has 0 fully saturated rings. The smallest absolute Gasteiger partial charge is 0.264 e.